The van der Waals surface area contributed by atoms with Crippen LogP contribution in [0.4, 0.5) is 0 Å². The quantitative estimate of drug-likeness (QED) is 0.0374. The summed E-state index contributed by atoms with van der Waals surface area (Å²) in [5.41, 5.74) is 5.66. The molecule has 1 unspecified atom stereocenters. The number of quaternary nitrogens is 1. The van der Waals surface area contributed by atoms with Crippen molar-refractivity contribution in [3.63, 3.8) is 0 Å². The summed E-state index contributed by atoms with van der Waals surface area (Å²) < 4.78 is 13.7. The van der Waals surface area contributed by atoms with Crippen molar-refractivity contribution >= 4 is 0 Å². The highest BCUT2D eigenvalue weighted by atomic mass is 16.5. The van der Waals surface area contributed by atoms with Gasteiger partial charge >= 0.3 is 0 Å². The van der Waals surface area contributed by atoms with Gasteiger partial charge in [-0.15, -0.1) is 0 Å². The van der Waals surface area contributed by atoms with E-state index >= 15 is 0 Å². The van der Waals surface area contributed by atoms with Gasteiger partial charge in [-0.3, -0.25) is 0 Å². The number of nitrogens with one attached hydrogen (secondary N) is 1. The first-order chi connectivity index (χ1) is 25.1. The molecule has 0 saturated carbocycles. The van der Waals surface area contributed by atoms with Gasteiger partial charge in [0.05, 0.1) is 27.2 Å². The minimum absolute atomic E-state index is 0.168. The number of hydrogen-bond acceptors (Lipinski definition) is 4. The van der Waals surface area contributed by atoms with E-state index in [1.165, 1.54) is 173 Å². The number of nitrogens with zero attached hydrogens (tertiary/aromatic N) is 1. The van der Waals surface area contributed by atoms with Gasteiger partial charge in [-0.25, -0.2) is 0 Å². The summed E-state index contributed by atoms with van der Waals surface area (Å²) in [7, 11) is 4.66. The molecule has 0 heterocycles. The second-order valence-electron chi connectivity index (χ2n) is 16.2. The normalized spacial score (nSPS) is 13.0. The minimum Gasteiger partial charge on any atom is -0.379 e. The Morgan fingerprint density at radius 2 is 0.922 bits per heavy atom. The Kier molecular flexibility index (Phi) is 41.4. The maximum Gasteiger partial charge on any atom is 0.130 e. The summed E-state index contributed by atoms with van der Waals surface area (Å²) in [6.45, 7) is 11.9. The Morgan fingerprint density at radius 3 is 1.37 bits per heavy atom. The number of ether oxygens (including phenoxy) is 2. The summed E-state index contributed by atoms with van der Waals surface area (Å²) >= 11 is 0. The van der Waals surface area contributed by atoms with Crippen LogP contribution in [0.25, 0.3) is 0 Å². The van der Waals surface area contributed by atoms with Crippen molar-refractivity contribution in [3.8, 4) is 0 Å². The van der Waals surface area contributed by atoms with E-state index in [1.807, 2.05) is 0 Å². The fraction of sp³-hybridized carbons (Fsp3) is 0.913. The molecular formula is C46H94N3O2+. The summed E-state index contributed by atoms with van der Waals surface area (Å²) in [6.07, 6.45) is 48.4. The highest BCUT2D eigenvalue weighted by Gasteiger charge is 2.23. The maximum absolute atomic E-state index is 6.48. The predicted molar refractivity (Wildman–Crippen MR) is 228 cm³/mol. The van der Waals surface area contributed by atoms with Crippen molar-refractivity contribution in [2.75, 3.05) is 66.6 Å². The van der Waals surface area contributed by atoms with Crippen molar-refractivity contribution < 1.29 is 14.0 Å². The molecule has 3 N–H and O–H groups in total. The van der Waals surface area contributed by atoms with Crippen LogP contribution in [0.15, 0.2) is 24.3 Å². The molecule has 0 fully saturated rings. The molecule has 5 heteroatoms. The maximum atomic E-state index is 6.48. The van der Waals surface area contributed by atoms with Crippen LogP contribution in [0.3, 0.4) is 0 Å². The summed E-state index contributed by atoms with van der Waals surface area (Å²) in [6, 6.07) is 0. The van der Waals surface area contributed by atoms with E-state index in [9.17, 15) is 0 Å². The smallest absolute Gasteiger partial charge is 0.130 e. The van der Waals surface area contributed by atoms with Crippen LogP contribution in [0.2, 0.25) is 0 Å². The zero-order valence-electron chi connectivity index (χ0n) is 35.4. The van der Waals surface area contributed by atoms with Crippen LogP contribution >= 0.6 is 0 Å². The Labute approximate surface area is 321 Å². The molecule has 1 atom stereocenters. The van der Waals surface area contributed by atoms with E-state index in [2.05, 4.69) is 57.6 Å². The number of hydrogen-bond donors (Lipinski definition) is 2. The molecule has 0 bridgehead atoms. The molecule has 0 aromatic heterocycles. The molecule has 0 aliphatic heterocycles. The summed E-state index contributed by atoms with van der Waals surface area (Å²) in [5, 5.41) is 3.55. The third-order valence-electron chi connectivity index (χ3n) is 10.3. The summed E-state index contributed by atoms with van der Waals surface area (Å²) in [4.78, 5) is 0. The monoisotopic (exact) mass is 721 g/mol. The molecule has 0 rings (SSSR count). The molecule has 0 aliphatic carbocycles. The average molecular weight is 721 g/mol. The van der Waals surface area contributed by atoms with E-state index < -0.39 is 0 Å². The first kappa shape index (κ1) is 50.3. The van der Waals surface area contributed by atoms with E-state index in [4.69, 9.17) is 15.2 Å². The molecule has 0 aromatic carbocycles. The van der Waals surface area contributed by atoms with Gasteiger partial charge in [-0.05, 0) is 83.7 Å². The van der Waals surface area contributed by atoms with Crippen LogP contribution in [0.5, 0.6) is 0 Å². The fourth-order valence-corrected chi connectivity index (χ4v) is 6.80. The topological polar surface area (TPSA) is 56.5 Å². The van der Waals surface area contributed by atoms with Gasteiger partial charge in [0.15, 0.2) is 0 Å². The van der Waals surface area contributed by atoms with Crippen molar-refractivity contribution in [2.24, 2.45) is 5.73 Å². The summed E-state index contributed by atoms with van der Waals surface area (Å²) in [5.74, 6) is 0. The molecule has 0 aliphatic rings. The molecule has 5 nitrogen and oxygen atoms in total. The van der Waals surface area contributed by atoms with Crippen molar-refractivity contribution in [1.29, 1.82) is 0 Å². The zero-order chi connectivity index (χ0) is 37.2. The Bertz CT molecular complexity index is 711. The van der Waals surface area contributed by atoms with Crippen LogP contribution in [0.1, 0.15) is 200 Å². The third-order valence-corrected chi connectivity index (χ3v) is 10.3. The van der Waals surface area contributed by atoms with Crippen LogP contribution in [0, 0.1) is 0 Å². The molecule has 51 heavy (non-hydrogen) atoms. The lowest BCUT2D eigenvalue weighted by Crippen LogP contribution is -2.50. The third kappa shape index (κ3) is 41.9. The van der Waals surface area contributed by atoms with Gasteiger partial charge in [0, 0.05) is 19.8 Å². The van der Waals surface area contributed by atoms with Crippen LogP contribution < -0.4 is 11.1 Å². The molecular weight excluding hydrogens is 627 g/mol. The zero-order valence-corrected chi connectivity index (χ0v) is 35.4. The lowest BCUT2D eigenvalue weighted by atomic mass is 10.1. The number of unbranched alkanes of at least 4 members (excludes halogenated alkanes) is 24. The average Bonchev–Trinajstić information content (AvgIpc) is 3.12. The molecule has 0 amide bonds. The number of rotatable bonds is 43. The second-order valence-corrected chi connectivity index (χ2v) is 16.2. The highest BCUT2D eigenvalue weighted by molar-refractivity contribution is 4.82. The van der Waals surface area contributed by atoms with E-state index in [0.717, 1.165) is 69.9 Å². The lowest BCUT2D eigenvalue weighted by molar-refractivity contribution is -0.892. The van der Waals surface area contributed by atoms with Gasteiger partial charge in [0.25, 0.3) is 0 Å². The molecule has 0 saturated heterocycles. The van der Waals surface area contributed by atoms with Crippen LogP contribution in [-0.4, -0.2) is 77.2 Å². The van der Waals surface area contributed by atoms with Crippen molar-refractivity contribution in [1.82, 2.24) is 5.32 Å². The van der Waals surface area contributed by atoms with E-state index in [1.54, 1.807) is 0 Å². The van der Waals surface area contributed by atoms with E-state index in [-0.39, 0.29) is 6.10 Å². The van der Waals surface area contributed by atoms with Gasteiger partial charge in [0.2, 0.25) is 0 Å². The van der Waals surface area contributed by atoms with Gasteiger partial charge in [-0.1, -0.05) is 154 Å². The van der Waals surface area contributed by atoms with Crippen LogP contribution in [-0.2, 0) is 9.47 Å². The lowest BCUT2D eigenvalue weighted by Gasteiger charge is -2.33. The molecule has 304 valence electrons. The number of allylic oxidation sites excluding steroid dienone is 4. The second kappa shape index (κ2) is 42.0. The number of nitrogens with two attached hydrogens (primary N) is 1. The van der Waals surface area contributed by atoms with Crippen molar-refractivity contribution in [2.45, 2.75) is 206 Å². The largest absolute Gasteiger partial charge is 0.379 e. The minimum atomic E-state index is 0.168. The Balaban J connectivity index is 4.05. The highest BCUT2D eigenvalue weighted by Crippen LogP contribution is 2.13. The fourth-order valence-electron chi connectivity index (χ4n) is 6.80. The van der Waals surface area contributed by atoms with Crippen molar-refractivity contribution in [3.05, 3.63) is 24.3 Å². The van der Waals surface area contributed by atoms with E-state index in [0.29, 0.717) is 0 Å². The standard InChI is InChI=1S/C46H94N3O2/c1-5-7-9-11-13-15-17-19-21-23-25-27-29-31-33-35-42-50-45-46(44-49(3,4)41-40-48-39-37-38-47)51-43-36-34-32-30-28-26-24-22-20-18-16-14-12-10-8-6-2/h19-22,46,48H,5-18,23-45,47H2,1-4H3/q+1. The SMILES string of the molecule is CCCCCCCCC=CCCCCCCCCOCC(C[N+](C)(C)CCNCCCN)OCCCCCCCCC=CCCCCCCCC. The molecule has 0 spiro atoms. The first-order valence-electron chi connectivity index (χ1n) is 22.8. The Morgan fingerprint density at radius 1 is 0.510 bits per heavy atom. The molecule has 0 radical (unpaired) electrons. The van der Waals surface area contributed by atoms with Gasteiger partial charge < -0.3 is 25.0 Å². The predicted octanol–water partition coefficient (Wildman–Crippen LogP) is 12.5. The van der Waals surface area contributed by atoms with Gasteiger partial charge in [0.1, 0.15) is 12.6 Å². The molecule has 0 aromatic rings. The van der Waals surface area contributed by atoms with Gasteiger partial charge in [-0.2, -0.15) is 0 Å². The number of likely N-dealkylation sites (N-methyl/N-ethyl adjacent to an activating group) is 1. The Hall–Kier alpha value is -0.720. The first-order valence-corrected chi connectivity index (χ1v) is 22.8.